The van der Waals surface area contributed by atoms with Crippen LogP contribution in [0.4, 0.5) is 0 Å². The lowest BCUT2D eigenvalue weighted by molar-refractivity contribution is -0.138. The highest BCUT2D eigenvalue weighted by Crippen LogP contribution is 2.12. The number of nitrogens with two attached hydrogens (primary N) is 1. The van der Waals surface area contributed by atoms with Crippen molar-refractivity contribution in [1.29, 1.82) is 0 Å². The highest BCUT2D eigenvalue weighted by molar-refractivity contribution is 6.15. The van der Waals surface area contributed by atoms with Crippen LogP contribution in [0.1, 0.15) is 13.8 Å². The Morgan fingerprint density at radius 2 is 2.15 bits per heavy atom. The van der Waals surface area contributed by atoms with Crippen molar-refractivity contribution in [2.45, 2.75) is 25.9 Å². The van der Waals surface area contributed by atoms with E-state index >= 15 is 0 Å². The van der Waals surface area contributed by atoms with Crippen LogP contribution in [-0.2, 0) is 4.79 Å². The third-order valence-electron chi connectivity index (χ3n) is 2.27. The molecule has 1 saturated heterocycles. The summed E-state index contributed by atoms with van der Waals surface area (Å²) in [5.74, 6) is 0.244. The molecule has 3 N–H and O–H groups in total. The zero-order chi connectivity index (χ0) is 10.0. The first-order valence-corrected chi connectivity index (χ1v) is 4.84. The van der Waals surface area contributed by atoms with Crippen LogP contribution in [0.15, 0.2) is 0 Å². The van der Waals surface area contributed by atoms with E-state index in [1.54, 1.807) is 4.90 Å². The Bertz CT molecular complexity index is 192. The monoisotopic (exact) mass is 205 g/mol. The van der Waals surface area contributed by atoms with Crippen molar-refractivity contribution >= 4 is 17.7 Å². The smallest absolute Gasteiger partial charge is 0.241 e. The van der Waals surface area contributed by atoms with Gasteiger partial charge in [0.05, 0.1) is 0 Å². The van der Waals surface area contributed by atoms with Crippen LogP contribution >= 0.6 is 11.8 Å². The summed E-state index contributed by atoms with van der Waals surface area (Å²) in [6.45, 7) is 5.22. The van der Waals surface area contributed by atoms with E-state index < -0.39 is 0 Å². The fraction of sp³-hybridized carbons (Fsp3) is 0.875. The molecule has 0 bridgehead atoms. The Morgan fingerprint density at radius 1 is 1.62 bits per heavy atom. The van der Waals surface area contributed by atoms with Gasteiger partial charge in [0.1, 0.15) is 6.04 Å². The van der Waals surface area contributed by atoms with Gasteiger partial charge < -0.3 is 10.6 Å². The number of carbonyl (C=O) groups excluding carboxylic acids is 1. The maximum Gasteiger partial charge on any atom is 0.241 e. The van der Waals surface area contributed by atoms with Crippen LogP contribution in [0.5, 0.6) is 0 Å². The quantitative estimate of drug-likeness (QED) is 0.634. The Morgan fingerprint density at radius 3 is 2.46 bits per heavy atom. The average Bonchev–Trinajstić information content (AvgIpc) is 1.99. The van der Waals surface area contributed by atoms with Gasteiger partial charge in [-0.05, 0) is 17.7 Å². The van der Waals surface area contributed by atoms with Gasteiger partial charge in [0.25, 0.3) is 0 Å². The summed E-state index contributed by atoms with van der Waals surface area (Å²) in [5, 5.41) is 0. The van der Waals surface area contributed by atoms with Gasteiger partial charge in [-0.1, -0.05) is 13.8 Å². The zero-order valence-electron chi connectivity index (χ0n) is 7.96. The fourth-order valence-corrected chi connectivity index (χ4v) is 1.69. The summed E-state index contributed by atoms with van der Waals surface area (Å²) in [4.78, 5) is 15.9. The normalized spacial score (nSPS) is 20.2. The van der Waals surface area contributed by atoms with Crippen molar-refractivity contribution in [2.75, 3.05) is 13.1 Å². The third-order valence-corrected chi connectivity index (χ3v) is 2.51. The summed E-state index contributed by atoms with van der Waals surface area (Å²) in [7, 11) is 0. The Labute approximate surface area is 83.5 Å². The molecule has 1 heterocycles. The SMILES string of the molecule is CC(C)[C@@H](NCl)C(=O)N1CC(N)C1. The molecule has 0 aromatic rings. The van der Waals surface area contributed by atoms with Gasteiger partial charge in [0, 0.05) is 19.1 Å². The molecule has 0 spiro atoms. The predicted molar refractivity (Wildman–Crippen MR) is 52.2 cm³/mol. The van der Waals surface area contributed by atoms with Gasteiger partial charge in [0.2, 0.25) is 5.91 Å². The van der Waals surface area contributed by atoms with Crippen LogP contribution in [0.25, 0.3) is 0 Å². The van der Waals surface area contributed by atoms with E-state index in [0.717, 1.165) is 0 Å². The molecule has 0 aromatic heterocycles. The lowest BCUT2D eigenvalue weighted by Crippen LogP contribution is -2.61. The molecular formula is C8H16ClN3O. The molecule has 0 aromatic carbocycles. The molecule has 1 fully saturated rings. The summed E-state index contributed by atoms with van der Waals surface area (Å²) in [6.07, 6.45) is 0. The maximum absolute atomic E-state index is 11.7. The van der Waals surface area contributed by atoms with Crippen molar-refractivity contribution in [3.63, 3.8) is 0 Å². The number of hydrogen-bond donors (Lipinski definition) is 2. The van der Waals surface area contributed by atoms with Crippen molar-refractivity contribution in [3.8, 4) is 0 Å². The van der Waals surface area contributed by atoms with E-state index in [-0.39, 0.29) is 23.9 Å². The second-order valence-electron chi connectivity index (χ2n) is 3.83. The van der Waals surface area contributed by atoms with Crippen LogP contribution < -0.4 is 10.6 Å². The summed E-state index contributed by atoms with van der Waals surface area (Å²) >= 11 is 5.49. The van der Waals surface area contributed by atoms with E-state index in [0.29, 0.717) is 13.1 Å². The maximum atomic E-state index is 11.7. The van der Waals surface area contributed by atoms with E-state index in [4.69, 9.17) is 17.5 Å². The molecule has 4 nitrogen and oxygen atoms in total. The molecule has 13 heavy (non-hydrogen) atoms. The summed E-state index contributed by atoms with van der Waals surface area (Å²) in [5.41, 5.74) is 5.58. The highest BCUT2D eigenvalue weighted by atomic mass is 35.5. The van der Waals surface area contributed by atoms with E-state index in [9.17, 15) is 4.79 Å². The molecule has 1 aliphatic heterocycles. The number of halogens is 1. The fourth-order valence-electron chi connectivity index (χ4n) is 1.35. The molecule has 5 heteroatoms. The highest BCUT2D eigenvalue weighted by Gasteiger charge is 2.33. The molecular weight excluding hydrogens is 190 g/mol. The van der Waals surface area contributed by atoms with Crippen LogP contribution in [-0.4, -0.2) is 36.0 Å². The lowest BCUT2D eigenvalue weighted by atomic mass is 10.0. The minimum absolute atomic E-state index is 0.0479. The molecule has 0 aliphatic carbocycles. The summed E-state index contributed by atoms with van der Waals surface area (Å²) in [6, 6.07) is -0.152. The number of hydrogen-bond acceptors (Lipinski definition) is 3. The Hall–Kier alpha value is -0.320. The minimum Gasteiger partial charge on any atom is -0.338 e. The molecule has 76 valence electrons. The molecule has 1 rings (SSSR count). The third kappa shape index (κ3) is 2.33. The number of nitrogens with one attached hydrogen (secondary N) is 1. The first kappa shape index (κ1) is 10.8. The van der Waals surface area contributed by atoms with Gasteiger partial charge in [-0.2, -0.15) is 0 Å². The van der Waals surface area contributed by atoms with Gasteiger partial charge >= 0.3 is 0 Å². The van der Waals surface area contributed by atoms with Gasteiger partial charge in [-0.15, -0.1) is 0 Å². The van der Waals surface area contributed by atoms with Crippen LogP contribution in [0.3, 0.4) is 0 Å². The minimum atomic E-state index is -0.297. The molecule has 0 unspecified atom stereocenters. The predicted octanol–water partition coefficient (Wildman–Crippen LogP) is -0.0761. The standard InChI is InChI=1S/C8H16ClN3O/c1-5(2)7(11-9)8(13)12-3-6(10)4-12/h5-7,11H,3-4,10H2,1-2H3/t7-/m1/s1. The Balaban J connectivity index is 2.45. The largest absolute Gasteiger partial charge is 0.338 e. The molecule has 0 saturated carbocycles. The molecule has 1 atom stereocenters. The van der Waals surface area contributed by atoms with Gasteiger partial charge in [0.15, 0.2) is 0 Å². The van der Waals surface area contributed by atoms with Crippen molar-refractivity contribution in [2.24, 2.45) is 11.7 Å². The number of carbonyl (C=O) groups is 1. The van der Waals surface area contributed by atoms with E-state index in [1.807, 2.05) is 13.8 Å². The van der Waals surface area contributed by atoms with Crippen molar-refractivity contribution < 1.29 is 4.79 Å². The second kappa shape index (κ2) is 4.26. The van der Waals surface area contributed by atoms with Crippen molar-refractivity contribution in [1.82, 2.24) is 9.74 Å². The van der Waals surface area contributed by atoms with E-state index in [1.165, 1.54) is 0 Å². The molecule has 1 aliphatic rings. The van der Waals surface area contributed by atoms with E-state index in [2.05, 4.69) is 4.84 Å². The second-order valence-corrected chi connectivity index (χ2v) is 4.05. The van der Waals surface area contributed by atoms with Crippen LogP contribution in [0.2, 0.25) is 0 Å². The number of likely N-dealkylation sites (tertiary alicyclic amines) is 1. The first-order chi connectivity index (χ1) is 6.06. The van der Waals surface area contributed by atoms with Gasteiger partial charge in [-0.25, -0.2) is 4.84 Å². The average molecular weight is 206 g/mol. The number of rotatable bonds is 3. The first-order valence-electron chi connectivity index (χ1n) is 4.46. The molecule has 0 radical (unpaired) electrons. The summed E-state index contributed by atoms with van der Waals surface area (Å²) < 4.78 is 0. The Kier molecular flexibility index (Phi) is 3.53. The topological polar surface area (TPSA) is 58.4 Å². The number of nitrogens with zero attached hydrogens (tertiary/aromatic N) is 1. The van der Waals surface area contributed by atoms with Crippen LogP contribution in [0, 0.1) is 5.92 Å². The lowest BCUT2D eigenvalue weighted by Gasteiger charge is -2.39. The van der Waals surface area contributed by atoms with Crippen molar-refractivity contribution in [3.05, 3.63) is 0 Å². The number of amides is 1. The zero-order valence-corrected chi connectivity index (χ0v) is 8.71. The van der Waals surface area contributed by atoms with Gasteiger partial charge in [-0.3, -0.25) is 4.79 Å². The molecule has 1 amide bonds.